The summed E-state index contributed by atoms with van der Waals surface area (Å²) in [4.78, 5) is 4.32. The van der Waals surface area contributed by atoms with Crippen molar-refractivity contribution in [2.24, 2.45) is 5.73 Å². The zero-order valence-electron chi connectivity index (χ0n) is 9.70. The first-order valence-corrected chi connectivity index (χ1v) is 5.43. The van der Waals surface area contributed by atoms with Gasteiger partial charge in [-0.15, -0.1) is 0 Å². The van der Waals surface area contributed by atoms with Crippen molar-refractivity contribution < 1.29 is 0 Å². The lowest BCUT2D eigenvalue weighted by Gasteiger charge is -2.08. The zero-order chi connectivity index (χ0) is 11.5. The van der Waals surface area contributed by atoms with Gasteiger partial charge in [0.1, 0.15) is 0 Å². The van der Waals surface area contributed by atoms with Gasteiger partial charge in [0.25, 0.3) is 0 Å². The van der Waals surface area contributed by atoms with Gasteiger partial charge in [0.2, 0.25) is 0 Å². The van der Waals surface area contributed by atoms with Crippen LogP contribution in [0.4, 0.5) is 0 Å². The highest BCUT2D eigenvalue weighted by Crippen LogP contribution is 2.23. The smallest absolute Gasteiger partial charge is 0.0373 e. The molecule has 82 valence electrons. The Hall–Kier alpha value is -1.67. The number of aryl methyl sites for hydroxylation is 2. The third-order valence-corrected chi connectivity index (χ3v) is 2.76. The van der Waals surface area contributed by atoms with Crippen LogP contribution in [-0.4, -0.2) is 4.98 Å². The maximum Gasteiger partial charge on any atom is 0.0373 e. The molecule has 0 atom stereocenters. The number of aromatic nitrogens is 1. The molecule has 2 nitrogen and oxygen atoms in total. The van der Waals surface area contributed by atoms with Gasteiger partial charge in [-0.2, -0.15) is 0 Å². The van der Waals surface area contributed by atoms with Crippen LogP contribution in [-0.2, 0) is 6.54 Å². The van der Waals surface area contributed by atoms with Crippen molar-refractivity contribution in [2.45, 2.75) is 20.4 Å². The first kappa shape index (κ1) is 10.8. The Morgan fingerprint density at radius 3 is 2.56 bits per heavy atom. The Morgan fingerprint density at radius 1 is 1.12 bits per heavy atom. The fraction of sp³-hybridized carbons (Fsp3) is 0.214. The molecule has 0 spiro atoms. The Morgan fingerprint density at radius 2 is 1.94 bits per heavy atom. The van der Waals surface area contributed by atoms with Crippen LogP contribution in [0.25, 0.3) is 11.1 Å². The molecule has 0 unspecified atom stereocenters. The SMILES string of the molecule is Cc1ccc(-c2cc(CN)ccc2C)cn1. The van der Waals surface area contributed by atoms with Crippen molar-refractivity contribution in [1.29, 1.82) is 0 Å². The van der Waals surface area contributed by atoms with Crippen LogP contribution in [0.2, 0.25) is 0 Å². The van der Waals surface area contributed by atoms with Gasteiger partial charge in [-0.3, -0.25) is 4.98 Å². The molecular formula is C14H16N2. The van der Waals surface area contributed by atoms with E-state index in [9.17, 15) is 0 Å². The predicted octanol–water partition coefficient (Wildman–Crippen LogP) is 2.82. The Labute approximate surface area is 96.1 Å². The Bertz CT molecular complexity index is 487. The van der Waals surface area contributed by atoms with Gasteiger partial charge in [-0.25, -0.2) is 0 Å². The summed E-state index contributed by atoms with van der Waals surface area (Å²) in [7, 11) is 0. The van der Waals surface area contributed by atoms with Crippen LogP contribution in [0.5, 0.6) is 0 Å². The van der Waals surface area contributed by atoms with E-state index in [1.54, 1.807) is 0 Å². The van der Waals surface area contributed by atoms with E-state index in [-0.39, 0.29) is 0 Å². The minimum atomic E-state index is 0.576. The van der Waals surface area contributed by atoms with Crippen molar-refractivity contribution >= 4 is 0 Å². The molecule has 0 radical (unpaired) electrons. The van der Waals surface area contributed by atoms with E-state index in [0.717, 1.165) is 16.8 Å². The highest BCUT2D eigenvalue weighted by Gasteiger charge is 2.03. The van der Waals surface area contributed by atoms with Crippen LogP contribution >= 0.6 is 0 Å². The fourth-order valence-electron chi connectivity index (χ4n) is 1.73. The monoisotopic (exact) mass is 212 g/mol. The first-order valence-electron chi connectivity index (χ1n) is 5.43. The average molecular weight is 212 g/mol. The highest BCUT2D eigenvalue weighted by molar-refractivity contribution is 5.67. The number of pyridine rings is 1. The first-order chi connectivity index (χ1) is 7.70. The van der Waals surface area contributed by atoms with Gasteiger partial charge in [-0.05, 0) is 42.7 Å². The Kier molecular flexibility index (Phi) is 3.02. The van der Waals surface area contributed by atoms with Gasteiger partial charge in [0.15, 0.2) is 0 Å². The summed E-state index contributed by atoms with van der Waals surface area (Å²) in [5.74, 6) is 0. The predicted molar refractivity (Wildman–Crippen MR) is 67.0 cm³/mol. The molecule has 0 saturated carbocycles. The highest BCUT2D eigenvalue weighted by atomic mass is 14.7. The normalized spacial score (nSPS) is 10.4. The molecule has 2 rings (SSSR count). The van der Waals surface area contributed by atoms with Gasteiger partial charge in [-0.1, -0.05) is 18.2 Å². The minimum absolute atomic E-state index is 0.576. The molecule has 0 fully saturated rings. The molecule has 0 aliphatic carbocycles. The van der Waals surface area contributed by atoms with Crippen molar-refractivity contribution in [2.75, 3.05) is 0 Å². The third kappa shape index (κ3) is 2.12. The zero-order valence-corrected chi connectivity index (χ0v) is 9.70. The lowest BCUT2D eigenvalue weighted by atomic mass is 9.99. The fourth-order valence-corrected chi connectivity index (χ4v) is 1.73. The maximum atomic E-state index is 5.66. The molecule has 1 aromatic carbocycles. The number of nitrogens with two attached hydrogens (primary N) is 1. The number of rotatable bonds is 2. The summed E-state index contributed by atoms with van der Waals surface area (Å²) in [5, 5.41) is 0. The topological polar surface area (TPSA) is 38.9 Å². The second-order valence-electron chi connectivity index (χ2n) is 4.04. The van der Waals surface area contributed by atoms with Crippen LogP contribution in [0.1, 0.15) is 16.8 Å². The van der Waals surface area contributed by atoms with Gasteiger partial charge in [0, 0.05) is 24.0 Å². The number of benzene rings is 1. The minimum Gasteiger partial charge on any atom is -0.326 e. The molecular weight excluding hydrogens is 196 g/mol. The lowest BCUT2D eigenvalue weighted by molar-refractivity contribution is 1.07. The Balaban J connectivity index is 2.50. The average Bonchev–Trinajstić information content (AvgIpc) is 2.31. The number of nitrogens with zero attached hydrogens (tertiary/aromatic N) is 1. The largest absolute Gasteiger partial charge is 0.326 e. The second-order valence-corrected chi connectivity index (χ2v) is 4.04. The summed E-state index contributed by atoms with van der Waals surface area (Å²) in [6, 6.07) is 10.5. The van der Waals surface area contributed by atoms with Gasteiger partial charge < -0.3 is 5.73 Å². The second kappa shape index (κ2) is 4.45. The quantitative estimate of drug-likeness (QED) is 0.831. The van der Waals surface area contributed by atoms with E-state index >= 15 is 0 Å². The summed E-state index contributed by atoms with van der Waals surface area (Å²) in [6.45, 7) is 4.68. The third-order valence-electron chi connectivity index (χ3n) is 2.76. The standard InChI is InChI=1S/C14H16N2/c1-10-3-5-12(8-15)7-14(10)13-6-4-11(2)16-9-13/h3-7,9H,8,15H2,1-2H3. The number of hydrogen-bond donors (Lipinski definition) is 1. The van der Waals surface area contributed by atoms with Crippen LogP contribution in [0.15, 0.2) is 36.5 Å². The summed E-state index contributed by atoms with van der Waals surface area (Å²) >= 11 is 0. The molecule has 0 saturated heterocycles. The van der Waals surface area contributed by atoms with E-state index in [4.69, 9.17) is 5.73 Å². The van der Waals surface area contributed by atoms with E-state index < -0.39 is 0 Å². The molecule has 0 aliphatic heterocycles. The van der Waals surface area contributed by atoms with Crippen LogP contribution < -0.4 is 5.73 Å². The summed E-state index contributed by atoms with van der Waals surface area (Å²) in [6.07, 6.45) is 1.91. The van der Waals surface area contributed by atoms with Gasteiger partial charge >= 0.3 is 0 Å². The van der Waals surface area contributed by atoms with E-state index in [1.807, 2.05) is 19.2 Å². The molecule has 0 aliphatic rings. The van der Waals surface area contributed by atoms with E-state index in [2.05, 4.69) is 36.2 Å². The van der Waals surface area contributed by atoms with Crippen LogP contribution in [0.3, 0.4) is 0 Å². The molecule has 2 heteroatoms. The molecule has 2 N–H and O–H groups in total. The molecule has 2 aromatic rings. The van der Waals surface area contributed by atoms with Crippen molar-refractivity contribution in [3.63, 3.8) is 0 Å². The molecule has 1 heterocycles. The number of hydrogen-bond acceptors (Lipinski definition) is 2. The van der Waals surface area contributed by atoms with E-state index in [1.165, 1.54) is 11.1 Å². The lowest BCUT2D eigenvalue weighted by Crippen LogP contribution is -1.97. The molecule has 16 heavy (non-hydrogen) atoms. The van der Waals surface area contributed by atoms with Crippen molar-refractivity contribution in [1.82, 2.24) is 4.98 Å². The van der Waals surface area contributed by atoms with Gasteiger partial charge in [0.05, 0.1) is 0 Å². The summed E-state index contributed by atoms with van der Waals surface area (Å²) in [5.41, 5.74) is 11.5. The van der Waals surface area contributed by atoms with Crippen molar-refractivity contribution in [3.05, 3.63) is 53.3 Å². The van der Waals surface area contributed by atoms with Crippen molar-refractivity contribution in [3.8, 4) is 11.1 Å². The van der Waals surface area contributed by atoms with Crippen LogP contribution in [0, 0.1) is 13.8 Å². The molecule has 0 amide bonds. The van der Waals surface area contributed by atoms with E-state index in [0.29, 0.717) is 6.54 Å². The maximum absolute atomic E-state index is 5.66. The summed E-state index contributed by atoms with van der Waals surface area (Å²) < 4.78 is 0. The molecule has 1 aromatic heterocycles. The molecule has 0 bridgehead atoms.